The third-order valence-electron chi connectivity index (χ3n) is 5.65. The van der Waals surface area contributed by atoms with Gasteiger partial charge in [-0.3, -0.25) is 4.72 Å². The standard InChI is InChI=1S/C24H22ClN5O5S2/c25-17-5-9-19(10-6-17)36(31,32)29-24-23(27-21-3-1-2-4-22(21)28-24)26-18-7-11-20(12-8-18)37(33,34)30-13-15-35-16-14-30/h1-12H,13-16H2,(H,26,27)(H,28,29). The van der Waals surface area contributed by atoms with Crippen LogP contribution in [0.4, 0.5) is 17.3 Å². The number of rotatable bonds is 7. The number of nitrogens with one attached hydrogen (secondary N) is 2. The molecule has 0 amide bonds. The van der Waals surface area contributed by atoms with Crippen molar-refractivity contribution >= 4 is 60.0 Å². The fourth-order valence-corrected chi connectivity index (χ4v) is 6.28. The van der Waals surface area contributed by atoms with E-state index in [4.69, 9.17) is 16.3 Å². The Bertz CT molecular complexity index is 1640. The van der Waals surface area contributed by atoms with Crippen LogP contribution in [0.2, 0.25) is 5.02 Å². The molecular weight excluding hydrogens is 538 g/mol. The summed E-state index contributed by atoms with van der Waals surface area (Å²) in [7, 11) is -7.65. The van der Waals surface area contributed by atoms with E-state index in [1.54, 1.807) is 36.4 Å². The zero-order chi connectivity index (χ0) is 26.0. The number of anilines is 3. The van der Waals surface area contributed by atoms with Crippen molar-refractivity contribution in [1.29, 1.82) is 0 Å². The van der Waals surface area contributed by atoms with Crippen LogP contribution in [0.15, 0.2) is 82.6 Å². The maximum absolute atomic E-state index is 13.0. The minimum absolute atomic E-state index is 0.00970. The molecule has 0 radical (unpaired) electrons. The summed E-state index contributed by atoms with van der Waals surface area (Å²) in [6.45, 7) is 1.31. The molecule has 0 bridgehead atoms. The molecule has 1 aromatic heterocycles. The van der Waals surface area contributed by atoms with Crippen molar-refractivity contribution in [2.45, 2.75) is 9.79 Å². The Morgan fingerprint density at radius 1 is 0.757 bits per heavy atom. The van der Waals surface area contributed by atoms with Gasteiger partial charge in [-0.25, -0.2) is 26.8 Å². The molecule has 1 fully saturated rings. The van der Waals surface area contributed by atoms with Gasteiger partial charge in [0.2, 0.25) is 10.0 Å². The molecule has 0 spiro atoms. The summed E-state index contributed by atoms with van der Waals surface area (Å²) >= 11 is 5.89. The number of aromatic nitrogens is 2. The summed E-state index contributed by atoms with van der Waals surface area (Å²) in [5.74, 6) is 0.138. The van der Waals surface area contributed by atoms with E-state index in [2.05, 4.69) is 20.0 Å². The lowest BCUT2D eigenvalue weighted by atomic mass is 10.3. The number of hydrogen-bond donors (Lipinski definition) is 2. The SMILES string of the molecule is O=S(=O)(Nc1nc2ccccc2nc1Nc1ccc(S(=O)(=O)N2CCOCC2)cc1)c1ccc(Cl)cc1. The fourth-order valence-electron chi connectivity index (χ4n) is 3.74. The normalized spacial score (nSPS) is 14.9. The van der Waals surface area contributed by atoms with E-state index in [1.165, 1.54) is 40.7 Å². The van der Waals surface area contributed by atoms with Crippen molar-refractivity contribution in [2.75, 3.05) is 36.3 Å². The number of para-hydroxylation sites is 2. The zero-order valence-electron chi connectivity index (χ0n) is 19.3. The molecule has 0 aliphatic carbocycles. The first kappa shape index (κ1) is 25.4. The summed E-state index contributed by atoms with van der Waals surface area (Å²) in [5.41, 5.74) is 1.54. The van der Waals surface area contributed by atoms with Crippen molar-refractivity contribution in [3.05, 3.63) is 77.8 Å². The molecule has 1 aliphatic heterocycles. The van der Waals surface area contributed by atoms with Gasteiger partial charge in [-0.1, -0.05) is 23.7 Å². The summed E-state index contributed by atoms with van der Waals surface area (Å²) in [5, 5.41) is 3.46. The maximum atomic E-state index is 13.0. The average molecular weight is 560 g/mol. The Kier molecular flexibility index (Phi) is 7.01. The minimum atomic E-state index is -4.00. The lowest BCUT2D eigenvalue weighted by Gasteiger charge is -2.26. The van der Waals surface area contributed by atoms with Crippen LogP contribution in [0.5, 0.6) is 0 Å². The molecule has 1 saturated heterocycles. The number of fused-ring (bicyclic) bond motifs is 1. The summed E-state index contributed by atoms with van der Waals surface area (Å²) in [6.07, 6.45) is 0. The van der Waals surface area contributed by atoms with Gasteiger partial charge in [-0.05, 0) is 60.7 Å². The average Bonchev–Trinajstić information content (AvgIpc) is 2.90. The predicted octanol–water partition coefficient (Wildman–Crippen LogP) is 3.85. The van der Waals surface area contributed by atoms with Crippen molar-refractivity contribution < 1.29 is 21.6 Å². The van der Waals surface area contributed by atoms with Crippen LogP contribution in [-0.2, 0) is 24.8 Å². The highest BCUT2D eigenvalue weighted by Gasteiger charge is 2.26. The van der Waals surface area contributed by atoms with Crippen molar-refractivity contribution in [3.63, 3.8) is 0 Å². The van der Waals surface area contributed by atoms with Gasteiger partial charge in [0.15, 0.2) is 11.6 Å². The second-order valence-corrected chi connectivity index (χ2v) is 12.2. The second kappa shape index (κ2) is 10.2. The Balaban J connectivity index is 1.46. The number of nitrogens with zero attached hydrogens (tertiary/aromatic N) is 3. The van der Waals surface area contributed by atoms with Crippen LogP contribution >= 0.6 is 11.6 Å². The van der Waals surface area contributed by atoms with Gasteiger partial charge >= 0.3 is 0 Å². The quantitative estimate of drug-likeness (QED) is 0.349. The van der Waals surface area contributed by atoms with Crippen LogP contribution in [0.25, 0.3) is 11.0 Å². The Morgan fingerprint density at radius 3 is 1.95 bits per heavy atom. The Hall–Kier alpha value is -3.29. The number of ether oxygens (including phenoxy) is 1. The largest absolute Gasteiger partial charge is 0.379 e. The van der Waals surface area contributed by atoms with E-state index in [0.29, 0.717) is 48.0 Å². The van der Waals surface area contributed by atoms with Gasteiger partial charge in [0.25, 0.3) is 10.0 Å². The molecule has 2 heterocycles. The van der Waals surface area contributed by atoms with Crippen LogP contribution in [-0.4, -0.2) is 57.4 Å². The fraction of sp³-hybridized carbons (Fsp3) is 0.167. The first-order chi connectivity index (χ1) is 17.7. The van der Waals surface area contributed by atoms with Crippen LogP contribution in [0, 0.1) is 0 Å². The lowest BCUT2D eigenvalue weighted by Crippen LogP contribution is -2.40. The third-order valence-corrected chi connectivity index (χ3v) is 9.17. The van der Waals surface area contributed by atoms with Gasteiger partial charge in [0, 0.05) is 23.8 Å². The molecule has 0 atom stereocenters. The van der Waals surface area contributed by atoms with Gasteiger partial charge in [0.05, 0.1) is 34.0 Å². The predicted molar refractivity (Wildman–Crippen MR) is 141 cm³/mol. The maximum Gasteiger partial charge on any atom is 0.263 e. The van der Waals surface area contributed by atoms with E-state index < -0.39 is 20.0 Å². The molecule has 192 valence electrons. The van der Waals surface area contributed by atoms with Crippen LogP contribution in [0.3, 0.4) is 0 Å². The molecule has 5 rings (SSSR count). The van der Waals surface area contributed by atoms with Crippen molar-refractivity contribution in [1.82, 2.24) is 14.3 Å². The second-order valence-electron chi connectivity index (χ2n) is 8.13. The topological polar surface area (TPSA) is 131 Å². The zero-order valence-corrected chi connectivity index (χ0v) is 21.7. The highest BCUT2D eigenvalue weighted by molar-refractivity contribution is 7.92. The number of sulfonamides is 2. The van der Waals surface area contributed by atoms with Gasteiger partial charge in [-0.2, -0.15) is 4.31 Å². The summed E-state index contributed by atoms with van der Waals surface area (Å²) in [6, 6.07) is 18.9. The molecular formula is C24H22ClN5O5S2. The van der Waals surface area contributed by atoms with Crippen LogP contribution in [0.1, 0.15) is 0 Å². The molecule has 2 N–H and O–H groups in total. The first-order valence-electron chi connectivity index (χ1n) is 11.2. The Morgan fingerprint density at radius 2 is 1.32 bits per heavy atom. The molecule has 13 heteroatoms. The molecule has 4 aromatic rings. The number of hydrogen-bond acceptors (Lipinski definition) is 8. The molecule has 1 aliphatic rings. The first-order valence-corrected chi connectivity index (χ1v) is 14.5. The number of morpholine rings is 1. The number of benzene rings is 3. The summed E-state index contributed by atoms with van der Waals surface area (Å²) < 4.78 is 61.0. The van der Waals surface area contributed by atoms with E-state index >= 15 is 0 Å². The third kappa shape index (κ3) is 5.53. The lowest BCUT2D eigenvalue weighted by molar-refractivity contribution is 0.0730. The van der Waals surface area contributed by atoms with E-state index in [9.17, 15) is 16.8 Å². The smallest absolute Gasteiger partial charge is 0.263 e. The van der Waals surface area contributed by atoms with Crippen LogP contribution < -0.4 is 10.0 Å². The molecule has 3 aromatic carbocycles. The van der Waals surface area contributed by atoms with Gasteiger partial charge < -0.3 is 10.1 Å². The molecule has 0 unspecified atom stereocenters. The van der Waals surface area contributed by atoms with Crippen molar-refractivity contribution in [2.24, 2.45) is 0 Å². The number of halogens is 1. The van der Waals surface area contributed by atoms with E-state index in [0.717, 1.165) is 0 Å². The summed E-state index contributed by atoms with van der Waals surface area (Å²) in [4.78, 5) is 9.16. The monoisotopic (exact) mass is 559 g/mol. The Labute approximate surface area is 219 Å². The molecule has 37 heavy (non-hydrogen) atoms. The minimum Gasteiger partial charge on any atom is -0.379 e. The highest BCUT2D eigenvalue weighted by Crippen LogP contribution is 2.28. The molecule has 10 nitrogen and oxygen atoms in total. The van der Waals surface area contributed by atoms with E-state index in [-0.39, 0.29) is 21.4 Å². The highest BCUT2D eigenvalue weighted by atomic mass is 35.5. The van der Waals surface area contributed by atoms with Gasteiger partial charge in [-0.15, -0.1) is 0 Å². The molecule has 0 saturated carbocycles. The van der Waals surface area contributed by atoms with Gasteiger partial charge in [0.1, 0.15) is 0 Å². The van der Waals surface area contributed by atoms with E-state index in [1.807, 2.05) is 0 Å². The van der Waals surface area contributed by atoms with Crippen molar-refractivity contribution in [3.8, 4) is 0 Å².